The van der Waals surface area contributed by atoms with Crippen molar-refractivity contribution in [1.29, 1.82) is 0 Å². The molecule has 1 amide bonds. The van der Waals surface area contributed by atoms with Gasteiger partial charge in [0.25, 0.3) is 0 Å². The highest BCUT2D eigenvalue weighted by Gasteiger charge is 2.34. The lowest BCUT2D eigenvalue weighted by Gasteiger charge is -2.33. The first-order chi connectivity index (χ1) is 17.5. The summed E-state index contributed by atoms with van der Waals surface area (Å²) in [6.45, 7) is 8.12. The zero-order chi connectivity index (χ0) is 26.6. The minimum Gasteiger partial charge on any atom is -0.493 e. The molecule has 7 nitrogen and oxygen atoms in total. The van der Waals surface area contributed by atoms with Crippen LogP contribution in [0, 0.1) is 5.92 Å². The third kappa shape index (κ3) is 7.14. The normalized spacial score (nSPS) is 18.9. The van der Waals surface area contributed by atoms with Crippen LogP contribution in [0.15, 0.2) is 42.7 Å². The number of benzene rings is 1. The molecule has 4 rings (SSSR count). The summed E-state index contributed by atoms with van der Waals surface area (Å²) < 4.78 is 50.9. The topological polar surface area (TPSA) is 67.8 Å². The highest BCUT2D eigenvalue weighted by molar-refractivity contribution is 5.72. The van der Waals surface area contributed by atoms with E-state index in [2.05, 4.69) is 9.88 Å². The van der Waals surface area contributed by atoms with Crippen molar-refractivity contribution in [1.82, 2.24) is 14.9 Å². The fraction of sp³-hybridized carbons (Fsp3) is 0.519. The molecule has 1 unspecified atom stereocenters. The van der Waals surface area contributed by atoms with Gasteiger partial charge in [-0.1, -0.05) is 18.2 Å². The number of carbonyl (C=O) groups is 1. The Hall–Kier alpha value is -3.30. The van der Waals surface area contributed by atoms with Crippen LogP contribution in [0.3, 0.4) is 0 Å². The Kier molecular flexibility index (Phi) is 7.94. The average Bonchev–Trinajstić information content (AvgIpc) is 2.86. The quantitative estimate of drug-likeness (QED) is 0.497. The number of carbonyl (C=O) groups excluding carboxylic acids is 1. The Bertz CT molecular complexity index is 1130. The monoisotopic (exact) mass is 518 g/mol. The predicted octanol–water partition coefficient (Wildman–Crippen LogP) is 5.82. The summed E-state index contributed by atoms with van der Waals surface area (Å²) in [5, 5.41) is 0. The van der Waals surface area contributed by atoms with Crippen LogP contribution in [0.4, 0.5) is 23.8 Å². The Morgan fingerprint density at radius 2 is 1.92 bits per heavy atom. The first kappa shape index (κ1) is 26.8. The van der Waals surface area contributed by atoms with Crippen molar-refractivity contribution in [3.8, 4) is 5.75 Å². The van der Waals surface area contributed by atoms with E-state index < -0.39 is 17.3 Å². The third-order valence-corrected chi connectivity index (χ3v) is 6.32. The van der Waals surface area contributed by atoms with Crippen molar-refractivity contribution in [3.63, 3.8) is 0 Å². The number of piperidine rings is 1. The summed E-state index contributed by atoms with van der Waals surface area (Å²) in [4.78, 5) is 25.3. The molecule has 1 aromatic heterocycles. The standard InChI is InChI=1S/C27H33F3N4O3/c1-26(2,3)37-25(35)33-13-10-20(11-14-33)22-15-31-16-24(32-22)34-12-6-7-19(17-34)18-36-23-9-5-4-8-21(23)27(28,29)30/h4-5,8-10,15-16,19H,6-7,11-14,17-18H2,1-3H3. The van der Waals surface area contributed by atoms with E-state index in [9.17, 15) is 18.0 Å². The lowest BCUT2D eigenvalue weighted by atomic mass is 9.99. The molecule has 0 saturated carbocycles. The molecule has 1 saturated heterocycles. The SMILES string of the molecule is CC(C)(C)OC(=O)N1CC=C(c2cncc(N3CCCC(COc4ccccc4C(F)(F)F)C3)n2)CC1. The molecule has 2 aliphatic heterocycles. The number of rotatable bonds is 5. The van der Waals surface area contributed by atoms with Crippen molar-refractivity contribution in [2.24, 2.45) is 5.92 Å². The molecule has 0 spiro atoms. The van der Waals surface area contributed by atoms with Gasteiger partial charge in [0.05, 0.1) is 30.3 Å². The van der Waals surface area contributed by atoms with Gasteiger partial charge in [-0.3, -0.25) is 4.98 Å². The number of para-hydroxylation sites is 1. The number of alkyl halides is 3. The molecule has 0 radical (unpaired) electrons. The van der Waals surface area contributed by atoms with Gasteiger partial charge >= 0.3 is 12.3 Å². The van der Waals surface area contributed by atoms with Crippen LogP contribution < -0.4 is 9.64 Å². The molecular weight excluding hydrogens is 485 g/mol. The van der Waals surface area contributed by atoms with Crippen LogP contribution in [-0.2, 0) is 10.9 Å². The summed E-state index contributed by atoms with van der Waals surface area (Å²) in [7, 11) is 0. The van der Waals surface area contributed by atoms with E-state index in [0.29, 0.717) is 26.1 Å². The number of hydrogen-bond acceptors (Lipinski definition) is 6. The fourth-order valence-electron chi connectivity index (χ4n) is 4.50. The van der Waals surface area contributed by atoms with Crippen LogP contribution in [0.25, 0.3) is 5.57 Å². The molecule has 1 fully saturated rings. The van der Waals surface area contributed by atoms with Crippen molar-refractivity contribution in [2.45, 2.75) is 51.8 Å². The van der Waals surface area contributed by atoms with E-state index in [0.717, 1.165) is 42.5 Å². The van der Waals surface area contributed by atoms with Crippen LogP contribution in [0.1, 0.15) is 51.3 Å². The van der Waals surface area contributed by atoms with Crippen molar-refractivity contribution in [3.05, 3.63) is 54.0 Å². The molecule has 1 atom stereocenters. The van der Waals surface area contributed by atoms with Gasteiger partial charge in [0.1, 0.15) is 17.2 Å². The number of anilines is 1. The summed E-state index contributed by atoms with van der Waals surface area (Å²) in [5.74, 6) is 0.656. The van der Waals surface area contributed by atoms with E-state index in [1.807, 2.05) is 26.8 Å². The molecule has 1 aromatic carbocycles. The molecule has 10 heteroatoms. The Labute approximate surface area is 215 Å². The highest BCUT2D eigenvalue weighted by Crippen LogP contribution is 2.36. The van der Waals surface area contributed by atoms with E-state index in [1.165, 1.54) is 12.1 Å². The van der Waals surface area contributed by atoms with Crippen LogP contribution in [-0.4, -0.2) is 59.3 Å². The molecule has 0 N–H and O–H groups in total. The van der Waals surface area contributed by atoms with Gasteiger partial charge in [-0.05, 0) is 57.7 Å². The second-order valence-electron chi connectivity index (χ2n) is 10.4. The van der Waals surface area contributed by atoms with Gasteiger partial charge in [-0.2, -0.15) is 13.2 Å². The number of aromatic nitrogens is 2. The van der Waals surface area contributed by atoms with E-state index in [-0.39, 0.29) is 24.4 Å². The van der Waals surface area contributed by atoms with Gasteiger partial charge in [0, 0.05) is 32.1 Å². The molecule has 3 heterocycles. The zero-order valence-corrected chi connectivity index (χ0v) is 21.4. The Morgan fingerprint density at radius 1 is 1.14 bits per heavy atom. The first-order valence-corrected chi connectivity index (χ1v) is 12.5. The highest BCUT2D eigenvalue weighted by atomic mass is 19.4. The van der Waals surface area contributed by atoms with E-state index in [1.54, 1.807) is 23.4 Å². The lowest BCUT2D eigenvalue weighted by Crippen LogP contribution is -2.39. The van der Waals surface area contributed by atoms with Crippen molar-refractivity contribution >= 4 is 17.5 Å². The largest absolute Gasteiger partial charge is 0.493 e. The van der Waals surface area contributed by atoms with Gasteiger partial charge < -0.3 is 19.3 Å². The Morgan fingerprint density at radius 3 is 2.62 bits per heavy atom. The summed E-state index contributed by atoms with van der Waals surface area (Å²) in [5.41, 5.74) is 0.487. The summed E-state index contributed by atoms with van der Waals surface area (Å²) in [6.07, 6.45) is 3.01. The number of hydrogen-bond donors (Lipinski definition) is 0. The van der Waals surface area contributed by atoms with Crippen molar-refractivity contribution in [2.75, 3.05) is 37.7 Å². The summed E-state index contributed by atoms with van der Waals surface area (Å²) >= 11 is 0. The average molecular weight is 519 g/mol. The van der Waals surface area contributed by atoms with Crippen molar-refractivity contribution < 1.29 is 27.4 Å². The van der Waals surface area contributed by atoms with E-state index >= 15 is 0 Å². The maximum absolute atomic E-state index is 13.3. The van der Waals surface area contributed by atoms with Crippen LogP contribution >= 0.6 is 0 Å². The minimum atomic E-state index is -4.46. The second kappa shape index (κ2) is 11.0. The van der Waals surface area contributed by atoms with Gasteiger partial charge in [-0.15, -0.1) is 0 Å². The number of ether oxygens (including phenoxy) is 2. The minimum absolute atomic E-state index is 0.0665. The lowest BCUT2D eigenvalue weighted by molar-refractivity contribution is -0.139. The van der Waals surface area contributed by atoms with Gasteiger partial charge in [0.2, 0.25) is 0 Å². The maximum atomic E-state index is 13.3. The molecule has 37 heavy (non-hydrogen) atoms. The molecular formula is C27H33F3N4O3. The molecule has 200 valence electrons. The summed E-state index contributed by atoms with van der Waals surface area (Å²) in [6, 6.07) is 5.31. The van der Waals surface area contributed by atoms with Gasteiger partial charge in [0.15, 0.2) is 0 Å². The number of halogens is 3. The second-order valence-corrected chi connectivity index (χ2v) is 10.4. The molecule has 2 aliphatic rings. The fourth-order valence-corrected chi connectivity index (χ4v) is 4.50. The molecule has 2 aromatic rings. The number of nitrogens with zero attached hydrogens (tertiary/aromatic N) is 4. The van der Waals surface area contributed by atoms with Crippen LogP contribution in [0.2, 0.25) is 0 Å². The third-order valence-electron chi connectivity index (χ3n) is 6.32. The first-order valence-electron chi connectivity index (χ1n) is 12.5. The van der Waals surface area contributed by atoms with Crippen LogP contribution in [0.5, 0.6) is 5.75 Å². The Balaban J connectivity index is 1.37. The maximum Gasteiger partial charge on any atom is 0.419 e. The molecule has 0 aliphatic carbocycles. The smallest absolute Gasteiger partial charge is 0.419 e. The molecule has 0 bridgehead atoms. The van der Waals surface area contributed by atoms with Gasteiger partial charge in [-0.25, -0.2) is 9.78 Å². The number of amides is 1. The predicted molar refractivity (Wildman–Crippen MR) is 134 cm³/mol. The zero-order valence-electron chi connectivity index (χ0n) is 21.4. The van der Waals surface area contributed by atoms with E-state index in [4.69, 9.17) is 14.5 Å².